The first kappa shape index (κ1) is 12.0. The van der Waals surface area contributed by atoms with E-state index in [9.17, 15) is 14.5 Å². The van der Waals surface area contributed by atoms with E-state index in [-0.39, 0.29) is 5.69 Å². The van der Waals surface area contributed by atoms with Crippen molar-refractivity contribution in [2.24, 2.45) is 0 Å². The fourth-order valence-electron chi connectivity index (χ4n) is 1.75. The summed E-state index contributed by atoms with van der Waals surface area (Å²) < 4.78 is 18.4. The lowest BCUT2D eigenvalue weighted by atomic mass is 10.0. The number of para-hydroxylation sites is 1. The molecule has 0 atom stereocenters. The Morgan fingerprint density at radius 1 is 1.17 bits per heavy atom. The van der Waals surface area contributed by atoms with Gasteiger partial charge in [-0.25, -0.2) is 4.39 Å². The summed E-state index contributed by atoms with van der Waals surface area (Å²) >= 11 is 0. The summed E-state index contributed by atoms with van der Waals surface area (Å²) in [6.07, 6.45) is 0. The molecule has 0 amide bonds. The van der Waals surface area contributed by atoms with E-state index in [1.165, 1.54) is 31.4 Å². The van der Waals surface area contributed by atoms with Gasteiger partial charge in [-0.3, -0.25) is 10.1 Å². The van der Waals surface area contributed by atoms with Crippen LogP contribution in [0, 0.1) is 15.9 Å². The minimum absolute atomic E-state index is 0.0820. The van der Waals surface area contributed by atoms with E-state index in [0.717, 1.165) is 0 Å². The van der Waals surface area contributed by atoms with E-state index in [0.29, 0.717) is 16.9 Å². The summed E-state index contributed by atoms with van der Waals surface area (Å²) in [6.45, 7) is 0. The van der Waals surface area contributed by atoms with Gasteiger partial charge in [-0.2, -0.15) is 0 Å². The van der Waals surface area contributed by atoms with Gasteiger partial charge >= 0.3 is 0 Å². The molecule has 4 nitrogen and oxygen atoms in total. The van der Waals surface area contributed by atoms with Crippen molar-refractivity contribution in [3.05, 3.63) is 58.4 Å². The van der Waals surface area contributed by atoms with Gasteiger partial charge in [0.05, 0.1) is 17.6 Å². The number of benzene rings is 2. The average Bonchev–Trinajstić information content (AvgIpc) is 2.38. The summed E-state index contributed by atoms with van der Waals surface area (Å²) in [5.74, 6) is -0.0744. The molecule has 0 aliphatic rings. The highest BCUT2D eigenvalue weighted by molar-refractivity contribution is 5.78. The maximum atomic E-state index is 13.3. The molecule has 0 saturated carbocycles. The molecule has 0 unspecified atom stereocenters. The van der Waals surface area contributed by atoms with Crippen molar-refractivity contribution < 1.29 is 14.1 Å². The molecular weight excluding hydrogens is 237 g/mol. The Bertz CT molecular complexity index is 599. The van der Waals surface area contributed by atoms with Gasteiger partial charge < -0.3 is 4.74 Å². The maximum absolute atomic E-state index is 13.3. The first-order valence-corrected chi connectivity index (χ1v) is 5.21. The van der Waals surface area contributed by atoms with E-state index in [1.54, 1.807) is 18.2 Å². The van der Waals surface area contributed by atoms with Gasteiger partial charge in [0.1, 0.15) is 11.6 Å². The fraction of sp³-hybridized carbons (Fsp3) is 0.0769. The lowest BCUT2D eigenvalue weighted by molar-refractivity contribution is -0.384. The summed E-state index contributed by atoms with van der Waals surface area (Å²) in [5, 5.41) is 11.0. The van der Waals surface area contributed by atoms with Crippen molar-refractivity contribution in [1.29, 1.82) is 0 Å². The van der Waals surface area contributed by atoms with Gasteiger partial charge in [-0.05, 0) is 24.3 Å². The van der Waals surface area contributed by atoms with Gasteiger partial charge in [-0.1, -0.05) is 12.1 Å². The predicted molar refractivity (Wildman–Crippen MR) is 65.0 cm³/mol. The first-order chi connectivity index (χ1) is 8.63. The Morgan fingerprint density at radius 3 is 2.56 bits per heavy atom. The van der Waals surface area contributed by atoms with Crippen LogP contribution >= 0.6 is 0 Å². The largest absolute Gasteiger partial charge is 0.496 e. The summed E-state index contributed by atoms with van der Waals surface area (Å²) in [5.41, 5.74) is 0.616. The second-order valence-corrected chi connectivity index (χ2v) is 3.62. The minimum atomic E-state index is -0.500. The molecule has 5 heteroatoms. The molecule has 0 radical (unpaired) electrons. The van der Waals surface area contributed by atoms with Crippen molar-refractivity contribution in [1.82, 2.24) is 0 Å². The van der Waals surface area contributed by atoms with Gasteiger partial charge in [0.15, 0.2) is 0 Å². The van der Waals surface area contributed by atoms with Crippen LogP contribution in [-0.4, -0.2) is 12.0 Å². The number of hydrogen-bond acceptors (Lipinski definition) is 3. The number of rotatable bonds is 3. The van der Waals surface area contributed by atoms with Gasteiger partial charge in [0.2, 0.25) is 0 Å². The number of nitrogens with zero attached hydrogens (tertiary/aromatic N) is 1. The van der Waals surface area contributed by atoms with Gasteiger partial charge in [0, 0.05) is 11.6 Å². The molecule has 0 aromatic heterocycles. The molecular formula is C13H10FNO3. The predicted octanol–water partition coefficient (Wildman–Crippen LogP) is 3.41. The van der Waals surface area contributed by atoms with Crippen LogP contribution < -0.4 is 4.74 Å². The SMILES string of the molecule is COc1ccc(F)cc1-c1ccccc1[N+](=O)[O-]. The van der Waals surface area contributed by atoms with Crippen LogP contribution in [0.3, 0.4) is 0 Å². The Labute approximate surface area is 103 Å². The van der Waals surface area contributed by atoms with E-state index < -0.39 is 10.7 Å². The van der Waals surface area contributed by atoms with Crippen molar-refractivity contribution in [3.8, 4) is 16.9 Å². The standard InChI is InChI=1S/C13H10FNO3/c1-18-13-7-6-9(14)8-11(13)10-4-2-3-5-12(10)15(16)17/h2-8H,1H3. The molecule has 0 spiro atoms. The molecule has 2 aromatic carbocycles. The van der Waals surface area contributed by atoms with Crippen LogP contribution in [0.5, 0.6) is 5.75 Å². The van der Waals surface area contributed by atoms with Crippen LogP contribution in [0.25, 0.3) is 11.1 Å². The number of halogens is 1. The lowest BCUT2D eigenvalue weighted by Crippen LogP contribution is -1.94. The molecule has 0 aliphatic heterocycles. The Kier molecular flexibility index (Phi) is 3.23. The topological polar surface area (TPSA) is 52.4 Å². The summed E-state index contributed by atoms with van der Waals surface area (Å²) in [6, 6.07) is 10.1. The third-order valence-electron chi connectivity index (χ3n) is 2.55. The number of methoxy groups -OCH3 is 1. The van der Waals surface area contributed by atoms with Crippen LogP contribution in [0.15, 0.2) is 42.5 Å². The first-order valence-electron chi connectivity index (χ1n) is 5.21. The average molecular weight is 247 g/mol. The zero-order valence-corrected chi connectivity index (χ0v) is 9.59. The van der Waals surface area contributed by atoms with Crippen LogP contribution in [0.1, 0.15) is 0 Å². The molecule has 2 rings (SSSR count). The van der Waals surface area contributed by atoms with Gasteiger partial charge in [-0.15, -0.1) is 0 Å². The molecule has 0 fully saturated rings. The van der Waals surface area contributed by atoms with Crippen LogP contribution in [0.4, 0.5) is 10.1 Å². The molecule has 0 bridgehead atoms. The Morgan fingerprint density at radius 2 is 1.89 bits per heavy atom. The Balaban J connectivity index is 2.68. The smallest absolute Gasteiger partial charge is 0.277 e. The van der Waals surface area contributed by atoms with E-state index in [2.05, 4.69) is 0 Å². The summed E-state index contributed by atoms with van der Waals surface area (Å²) in [4.78, 5) is 10.5. The van der Waals surface area contributed by atoms with E-state index in [4.69, 9.17) is 4.74 Å². The monoisotopic (exact) mass is 247 g/mol. The van der Waals surface area contributed by atoms with Crippen molar-refractivity contribution in [2.75, 3.05) is 7.11 Å². The quantitative estimate of drug-likeness (QED) is 0.617. The summed E-state index contributed by atoms with van der Waals surface area (Å²) in [7, 11) is 1.44. The minimum Gasteiger partial charge on any atom is -0.496 e. The molecule has 0 aliphatic carbocycles. The third kappa shape index (κ3) is 2.15. The van der Waals surface area contributed by atoms with Crippen LogP contribution in [-0.2, 0) is 0 Å². The highest BCUT2D eigenvalue weighted by atomic mass is 19.1. The maximum Gasteiger partial charge on any atom is 0.277 e. The molecule has 0 saturated heterocycles. The van der Waals surface area contributed by atoms with Crippen LogP contribution in [0.2, 0.25) is 0 Å². The van der Waals surface area contributed by atoms with Gasteiger partial charge in [0.25, 0.3) is 5.69 Å². The molecule has 0 heterocycles. The molecule has 0 N–H and O–H groups in total. The number of nitro groups is 1. The number of hydrogen-bond donors (Lipinski definition) is 0. The highest BCUT2D eigenvalue weighted by Crippen LogP contribution is 2.36. The van der Waals surface area contributed by atoms with E-state index in [1.807, 2.05) is 0 Å². The second-order valence-electron chi connectivity index (χ2n) is 3.62. The Hall–Kier alpha value is -2.43. The fourth-order valence-corrected chi connectivity index (χ4v) is 1.75. The lowest BCUT2D eigenvalue weighted by Gasteiger charge is -2.08. The van der Waals surface area contributed by atoms with Crippen molar-refractivity contribution in [2.45, 2.75) is 0 Å². The second kappa shape index (κ2) is 4.83. The molecule has 18 heavy (non-hydrogen) atoms. The number of ether oxygens (including phenoxy) is 1. The number of nitro benzene ring substituents is 1. The zero-order valence-electron chi connectivity index (χ0n) is 9.59. The zero-order chi connectivity index (χ0) is 13.1. The van der Waals surface area contributed by atoms with Crippen molar-refractivity contribution >= 4 is 5.69 Å². The molecule has 2 aromatic rings. The third-order valence-corrected chi connectivity index (χ3v) is 2.55. The van der Waals surface area contributed by atoms with Crippen molar-refractivity contribution in [3.63, 3.8) is 0 Å². The highest BCUT2D eigenvalue weighted by Gasteiger charge is 2.17. The van der Waals surface area contributed by atoms with E-state index >= 15 is 0 Å². The molecule has 92 valence electrons. The normalized spacial score (nSPS) is 10.1.